The Morgan fingerprint density at radius 1 is 1.24 bits per heavy atom. The van der Waals surface area contributed by atoms with Crippen molar-refractivity contribution in [1.29, 1.82) is 0 Å². The number of pyridine rings is 1. The molecule has 17 heavy (non-hydrogen) atoms. The lowest BCUT2D eigenvalue weighted by Crippen LogP contribution is -2.01. The summed E-state index contributed by atoms with van der Waals surface area (Å²) in [6.45, 7) is 4.60. The zero-order valence-corrected chi connectivity index (χ0v) is 10.1. The summed E-state index contributed by atoms with van der Waals surface area (Å²) in [4.78, 5) is 4.07. The van der Waals surface area contributed by atoms with Crippen LogP contribution in [0.5, 0.6) is 5.75 Å². The van der Waals surface area contributed by atoms with E-state index in [0.29, 0.717) is 5.75 Å². The number of anilines is 1. The monoisotopic (exact) mass is 228 g/mol. The van der Waals surface area contributed by atoms with Gasteiger partial charge in [-0.3, -0.25) is 4.98 Å². The Balaban J connectivity index is 2.12. The Morgan fingerprint density at radius 2 is 2.06 bits per heavy atom. The first kappa shape index (κ1) is 11.5. The van der Waals surface area contributed by atoms with Crippen molar-refractivity contribution in [2.24, 2.45) is 0 Å². The normalized spacial score (nSPS) is 10.2. The highest BCUT2D eigenvalue weighted by atomic mass is 16.3. The van der Waals surface area contributed by atoms with Crippen molar-refractivity contribution in [3.8, 4) is 5.75 Å². The van der Waals surface area contributed by atoms with Crippen LogP contribution in [-0.4, -0.2) is 10.1 Å². The average molecular weight is 228 g/mol. The Labute approximate surface area is 101 Å². The van der Waals surface area contributed by atoms with E-state index in [9.17, 15) is 5.11 Å². The molecule has 0 unspecified atom stereocenters. The first-order chi connectivity index (χ1) is 8.16. The van der Waals surface area contributed by atoms with Gasteiger partial charge in [0.05, 0.1) is 0 Å². The summed E-state index contributed by atoms with van der Waals surface area (Å²) in [6.07, 6.45) is 3.61. The van der Waals surface area contributed by atoms with Crippen molar-refractivity contribution >= 4 is 5.69 Å². The lowest BCUT2D eigenvalue weighted by Gasteiger charge is -2.11. The van der Waals surface area contributed by atoms with Crippen molar-refractivity contribution in [2.45, 2.75) is 20.4 Å². The molecule has 1 aromatic carbocycles. The number of phenolic OH excluding ortho intramolecular Hbond substituents is 1. The third-order valence-electron chi connectivity index (χ3n) is 2.75. The fraction of sp³-hybridized carbons (Fsp3) is 0.214. The molecule has 0 aliphatic heterocycles. The van der Waals surface area contributed by atoms with Crippen LogP contribution in [0.3, 0.4) is 0 Å². The largest absolute Gasteiger partial charge is 0.508 e. The zero-order chi connectivity index (χ0) is 12.3. The number of aromatic hydroxyl groups is 1. The Morgan fingerprint density at radius 3 is 2.76 bits per heavy atom. The second-order valence-electron chi connectivity index (χ2n) is 4.17. The Kier molecular flexibility index (Phi) is 3.28. The minimum Gasteiger partial charge on any atom is -0.508 e. The standard InChI is InChI=1S/C14H16N2O/c1-10-7-14(17)11(2)6-13(10)16-9-12-4-3-5-15-8-12/h3-8,16-17H,9H2,1-2H3. The highest BCUT2D eigenvalue weighted by Gasteiger charge is 2.03. The molecule has 0 bridgehead atoms. The third kappa shape index (κ3) is 2.75. The molecule has 1 aromatic heterocycles. The van der Waals surface area contributed by atoms with Gasteiger partial charge in [-0.05, 0) is 48.7 Å². The van der Waals surface area contributed by atoms with Gasteiger partial charge in [-0.2, -0.15) is 0 Å². The van der Waals surface area contributed by atoms with Crippen LogP contribution in [0.4, 0.5) is 5.69 Å². The number of nitrogens with zero attached hydrogens (tertiary/aromatic N) is 1. The van der Waals surface area contributed by atoms with Crippen LogP contribution in [-0.2, 0) is 6.54 Å². The van der Waals surface area contributed by atoms with Crippen molar-refractivity contribution in [3.63, 3.8) is 0 Å². The molecule has 2 rings (SSSR count). The van der Waals surface area contributed by atoms with Crippen LogP contribution in [0.1, 0.15) is 16.7 Å². The molecule has 2 N–H and O–H groups in total. The summed E-state index contributed by atoms with van der Waals surface area (Å²) in [5.41, 5.74) is 4.10. The second kappa shape index (κ2) is 4.87. The molecule has 0 fully saturated rings. The summed E-state index contributed by atoms with van der Waals surface area (Å²) in [5.74, 6) is 0.342. The number of hydrogen-bond acceptors (Lipinski definition) is 3. The van der Waals surface area contributed by atoms with Crippen molar-refractivity contribution in [2.75, 3.05) is 5.32 Å². The van der Waals surface area contributed by atoms with Crippen molar-refractivity contribution < 1.29 is 5.11 Å². The summed E-state index contributed by atoms with van der Waals surface area (Å²) >= 11 is 0. The van der Waals surface area contributed by atoms with Gasteiger partial charge in [-0.1, -0.05) is 6.07 Å². The maximum absolute atomic E-state index is 9.57. The number of hydrogen-bond donors (Lipinski definition) is 2. The number of phenols is 1. The predicted molar refractivity (Wildman–Crippen MR) is 69.1 cm³/mol. The SMILES string of the molecule is Cc1cc(NCc2cccnc2)c(C)cc1O. The minimum absolute atomic E-state index is 0.342. The van der Waals surface area contributed by atoms with E-state index in [-0.39, 0.29) is 0 Å². The molecule has 0 spiro atoms. The number of aryl methyl sites for hydroxylation is 2. The molecule has 88 valence electrons. The smallest absolute Gasteiger partial charge is 0.118 e. The molecule has 0 aliphatic rings. The van der Waals surface area contributed by atoms with Crippen LogP contribution in [0.15, 0.2) is 36.7 Å². The van der Waals surface area contributed by atoms with E-state index >= 15 is 0 Å². The molecule has 3 heteroatoms. The van der Waals surface area contributed by atoms with Gasteiger partial charge in [0.15, 0.2) is 0 Å². The molecule has 1 heterocycles. The average Bonchev–Trinajstić information content (AvgIpc) is 2.33. The first-order valence-electron chi connectivity index (χ1n) is 5.60. The summed E-state index contributed by atoms with van der Waals surface area (Å²) in [5, 5.41) is 12.9. The Bertz CT molecular complexity index is 509. The molecule has 0 amide bonds. The van der Waals surface area contributed by atoms with Gasteiger partial charge in [0.1, 0.15) is 5.75 Å². The van der Waals surface area contributed by atoms with Crippen LogP contribution >= 0.6 is 0 Å². The number of aromatic nitrogens is 1. The lowest BCUT2D eigenvalue weighted by atomic mass is 10.1. The number of rotatable bonds is 3. The van der Waals surface area contributed by atoms with E-state index in [1.807, 2.05) is 38.2 Å². The molecular formula is C14H16N2O. The maximum atomic E-state index is 9.57. The van der Waals surface area contributed by atoms with Gasteiger partial charge < -0.3 is 10.4 Å². The second-order valence-corrected chi connectivity index (χ2v) is 4.17. The van der Waals surface area contributed by atoms with Crippen LogP contribution in [0, 0.1) is 13.8 Å². The van der Waals surface area contributed by atoms with Gasteiger partial charge >= 0.3 is 0 Å². The van der Waals surface area contributed by atoms with E-state index in [0.717, 1.165) is 28.9 Å². The zero-order valence-electron chi connectivity index (χ0n) is 10.1. The van der Waals surface area contributed by atoms with Gasteiger partial charge in [0, 0.05) is 24.6 Å². The van der Waals surface area contributed by atoms with Crippen molar-refractivity contribution in [1.82, 2.24) is 4.98 Å². The van der Waals surface area contributed by atoms with Crippen LogP contribution in [0.2, 0.25) is 0 Å². The minimum atomic E-state index is 0.342. The summed E-state index contributed by atoms with van der Waals surface area (Å²) in [7, 11) is 0. The molecule has 2 aromatic rings. The van der Waals surface area contributed by atoms with Gasteiger partial charge in [0.25, 0.3) is 0 Å². The van der Waals surface area contributed by atoms with E-state index < -0.39 is 0 Å². The molecule has 0 radical (unpaired) electrons. The Hall–Kier alpha value is -2.03. The highest BCUT2D eigenvalue weighted by Crippen LogP contribution is 2.25. The van der Waals surface area contributed by atoms with Gasteiger partial charge in [-0.25, -0.2) is 0 Å². The van der Waals surface area contributed by atoms with Crippen molar-refractivity contribution in [3.05, 3.63) is 53.3 Å². The van der Waals surface area contributed by atoms with Crippen LogP contribution in [0.25, 0.3) is 0 Å². The van der Waals surface area contributed by atoms with E-state index in [1.165, 1.54) is 0 Å². The van der Waals surface area contributed by atoms with Crippen LogP contribution < -0.4 is 5.32 Å². The molecule has 0 atom stereocenters. The van der Waals surface area contributed by atoms with Gasteiger partial charge in [-0.15, -0.1) is 0 Å². The molecule has 0 saturated carbocycles. The fourth-order valence-corrected chi connectivity index (χ4v) is 1.69. The predicted octanol–water partition coefficient (Wildman–Crippen LogP) is 3.02. The topological polar surface area (TPSA) is 45.2 Å². The summed E-state index contributed by atoms with van der Waals surface area (Å²) < 4.78 is 0. The fourth-order valence-electron chi connectivity index (χ4n) is 1.69. The first-order valence-corrected chi connectivity index (χ1v) is 5.60. The molecule has 0 aliphatic carbocycles. The van der Waals surface area contributed by atoms with E-state index in [1.54, 1.807) is 12.3 Å². The number of benzene rings is 1. The van der Waals surface area contributed by atoms with E-state index in [2.05, 4.69) is 10.3 Å². The van der Waals surface area contributed by atoms with Gasteiger partial charge in [0.2, 0.25) is 0 Å². The lowest BCUT2D eigenvalue weighted by molar-refractivity contribution is 0.471. The third-order valence-corrected chi connectivity index (χ3v) is 2.75. The maximum Gasteiger partial charge on any atom is 0.118 e. The molecular weight excluding hydrogens is 212 g/mol. The number of nitrogens with one attached hydrogen (secondary N) is 1. The molecule has 0 saturated heterocycles. The quantitative estimate of drug-likeness (QED) is 0.794. The van der Waals surface area contributed by atoms with E-state index in [4.69, 9.17) is 0 Å². The molecule has 3 nitrogen and oxygen atoms in total. The summed E-state index contributed by atoms with van der Waals surface area (Å²) in [6, 6.07) is 7.69. The highest BCUT2D eigenvalue weighted by molar-refractivity contribution is 5.56.